The molecule has 0 bridgehead atoms. The van der Waals surface area contributed by atoms with Gasteiger partial charge in [0.15, 0.2) is 5.82 Å². The zero-order chi connectivity index (χ0) is 19.2. The van der Waals surface area contributed by atoms with Crippen LogP contribution in [0.2, 0.25) is 0 Å². The number of benzene rings is 1. The molecule has 0 aliphatic carbocycles. The average molecular weight is 369 g/mol. The maximum Gasteiger partial charge on any atom is 0.251 e. The van der Waals surface area contributed by atoms with Crippen molar-refractivity contribution in [2.45, 2.75) is 33.4 Å². The second kappa shape index (κ2) is 8.43. The standard InChI is InChI=1S/C18H23N7O2/c1-13-11-14(2)25(21-13)10-4-9-19-18(26)15-5-7-16(8-6-15)27-12-17-20-22-23-24(17)3/h5-8,11H,4,9-10,12H2,1-3H3,(H,19,26). The van der Waals surface area contributed by atoms with E-state index < -0.39 is 0 Å². The van der Waals surface area contributed by atoms with Crippen LogP contribution in [0.1, 0.15) is 34.0 Å². The second-order valence-corrected chi connectivity index (χ2v) is 6.29. The zero-order valence-electron chi connectivity index (χ0n) is 15.7. The van der Waals surface area contributed by atoms with Gasteiger partial charge in [-0.15, -0.1) is 5.10 Å². The van der Waals surface area contributed by atoms with Crippen molar-refractivity contribution in [3.8, 4) is 5.75 Å². The summed E-state index contributed by atoms with van der Waals surface area (Å²) < 4.78 is 9.13. The molecule has 142 valence electrons. The summed E-state index contributed by atoms with van der Waals surface area (Å²) >= 11 is 0. The number of aromatic nitrogens is 6. The predicted octanol–water partition coefficient (Wildman–Crippen LogP) is 1.42. The quantitative estimate of drug-likeness (QED) is 0.603. The first-order chi connectivity index (χ1) is 13.0. The third-order valence-electron chi connectivity index (χ3n) is 4.13. The number of ether oxygens (including phenoxy) is 1. The van der Waals surface area contributed by atoms with Crippen molar-refractivity contribution in [1.29, 1.82) is 0 Å². The summed E-state index contributed by atoms with van der Waals surface area (Å²) in [6.07, 6.45) is 0.820. The van der Waals surface area contributed by atoms with Gasteiger partial charge < -0.3 is 10.1 Å². The Hall–Kier alpha value is -3.23. The largest absolute Gasteiger partial charge is 0.486 e. The molecule has 9 nitrogen and oxygen atoms in total. The van der Waals surface area contributed by atoms with Crippen LogP contribution in [-0.2, 0) is 20.2 Å². The number of nitrogens with one attached hydrogen (secondary N) is 1. The minimum atomic E-state index is -0.104. The topological polar surface area (TPSA) is 99.8 Å². The van der Waals surface area contributed by atoms with Gasteiger partial charge in [0.05, 0.1) is 5.69 Å². The second-order valence-electron chi connectivity index (χ2n) is 6.29. The van der Waals surface area contributed by atoms with E-state index in [4.69, 9.17) is 4.74 Å². The monoisotopic (exact) mass is 369 g/mol. The number of rotatable bonds is 8. The number of carbonyl (C=O) groups is 1. The Morgan fingerprint density at radius 1 is 1.22 bits per heavy atom. The van der Waals surface area contributed by atoms with E-state index in [0.717, 1.165) is 24.4 Å². The van der Waals surface area contributed by atoms with Crippen LogP contribution in [0.25, 0.3) is 0 Å². The number of nitrogens with zero attached hydrogens (tertiary/aromatic N) is 6. The van der Waals surface area contributed by atoms with Crippen molar-refractivity contribution in [2.24, 2.45) is 7.05 Å². The van der Waals surface area contributed by atoms with Crippen molar-refractivity contribution in [1.82, 2.24) is 35.3 Å². The maximum atomic E-state index is 12.2. The summed E-state index contributed by atoms with van der Waals surface area (Å²) in [7, 11) is 1.75. The Morgan fingerprint density at radius 2 is 2.00 bits per heavy atom. The highest BCUT2D eigenvalue weighted by molar-refractivity contribution is 5.94. The highest BCUT2D eigenvalue weighted by Gasteiger charge is 2.07. The lowest BCUT2D eigenvalue weighted by molar-refractivity contribution is 0.0952. The molecule has 0 saturated carbocycles. The van der Waals surface area contributed by atoms with Crippen LogP contribution in [0.15, 0.2) is 30.3 Å². The first-order valence-electron chi connectivity index (χ1n) is 8.76. The van der Waals surface area contributed by atoms with Crippen molar-refractivity contribution in [3.05, 3.63) is 53.1 Å². The van der Waals surface area contributed by atoms with E-state index in [9.17, 15) is 4.79 Å². The van der Waals surface area contributed by atoms with Crippen LogP contribution in [0.3, 0.4) is 0 Å². The number of amides is 1. The molecule has 2 aromatic heterocycles. The summed E-state index contributed by atoms with van der Waals surface area (Å²) in [5.41, 5.74) is 2.73. The number of hydrogen-bond acceptors (Lipinski definition) is 6. The van der Waals surface area contributed by atoms with Gasteiger partial charge in [0.1, 0.15) is 12.4 Å². The molecule has 0 saturated heterocycles. The Bertz CT molecular complexity index is 899. The minimum Gasteiger partial charge on any atom is -0.486 e. The van der Waals surface area contributed by atoms with Crippen LogP contribution in [0, 0.1) is 13.8 Å². The summed E-state index contributed by atoms with van der Waals surface area (Å²) in [4.78, 5) is 12.2. The van der Waals surface area contributed by atoms with Gasteiger partial charge in [-0.2, -0.15) is 5.10 Å². The fourth-order valence-corrected chi connectivity index (χ4v) is 2.65. The molecule has 1 N–H and O–H groups in total. The third-order valence-corrected chi connectivity index (χ3v) is 4.13. The highest BCUT2D eigenvalue weighted by atomic mass is 16.5. The number of hydrogen-bond donors (Lipinski definition) is 1. The Balaban J connectivity index is 1.43. The summed E-state index contributed by atoms with van der Waals surface area (Å²) in [6.45, 7) is 5.64. The molecule has 3 aromatic rings. The van der Waals surface area contributed by atoms with E-state index in [-0.39, 0.29) is 12.5 Å². The molecule has 0 fully saturated rings. The molecular weight excluding hydrogens is 346 g/mol. The van der Waals surface area contributed by atoms with E-state index in [1.807, 2.05) is 24.6 Å². The molecular formula is C18H23N7O2. The van der Waals surface area contributed by atoms with Crippen molar-refractivity contribution >= 4 is 5.91 Å². The molecule has 0 aliphatic rings. The van der Waals surface area contributed by atoms with Gasteiger partial charge in [0, 0.05) is 31.4 Å². The van der Waals surface area contributed by atoms with Crippen LogP contribution in [-0.4, -0.2) is 42.4 Å². The van der Waals surface area contributed by atoms with Crippen LogP contribution in [0.4, 0.5) is 0 Å². The number of carbonyl (C=O) groups excluding carboxylic acids is 1. The molecule has 1 aromatic carbocycles. The average Bonchev–Trinajstić information content (AvgIpc) is 3.21. The number of tetrazole rings is 1. The van der Waals surface area contributed by atoms with Crippen molar-refractivity contribution in [3.63, 3.8) is 0 Å². The maximum absolute atomic E-state index is 12.2. The molecule has 1 amide bonds. The van der Waals surface area contributed by atoms with Crippen LogP contribution in [0.5, 0.6) is 5.75 Å². The van der Waals surface area contributed by atoms with Crippen LogP contribution >= 0.6 is 0 Å². The lowest BCUT2D eigenvalue weighted by Crippen LogP contribution is -2.25. The molecule has 27 heavy (non-hydrogen) atoms. The molecule has 2 heterocycles. The highest BCUT2D eigenvalue weighted by Crippen LogP contribution is 2.13. The van der Waals surface area contributed by atoms with Gasteiger partial charge in [-0.25, -0.2) is 4.68 Å². The summed E-state index contributed by atoms with van der Waals surface area (Å²) in [5.74, 6) is 1.17. The SMILES string of the molecule is Cc1cc(C)n(CCCNC(=O)c2ccc(OCc3nnnn3C)cc2)n1. The van der Waals surface area contributed by atoms with Gasteiger partial charge >= 0.3 is 0 Å². The van der Waals surface area contributed by atoms with Gasteiger partial charge in [-0.1, -0.05) is 0 Å². The molecule has 0 radical (unpaired) electrons. The fourth-order valence-electron chi connectivity index (χ4n) is 2.65. The smallest absolute Gasteiger partial charge is 0.251 e. The van der Waals surface area contributed by atoms with Gasteiger partial charge in [-0.3, -0.25) is 9.48 Å². The normalized spacial score (nSPS) is 10.8. The van der Waals surface area contributed by atoms with Gasteiger partial charge in [-0.05, 0) is 61.0 Å². The molecule has 0 unspecified atom stereocenters. The van der Waals surface area contributed by atoms with E-state index in [1.165, 1.54) is 0 Å². The first kappa shape index (κ1) is 18.6. The molecule has 0 aliphatic heterocycles. The fraction of sp³-hybridized carbons (Fsp3) is 0.389. The van der Waals surface area contributed by atoms with E-state index in [2.05, 4.69) is 25.9 Å². The lowest BCUT2D eigenvalue weighted by atomic mass is 10.2. The lowest BCUT2D eigenvalue weighted by Gasteiger charge is -2.08. The van der Waals surface area contributed by atoms with Gasteiger partial charge in [0.25, 0.3) is 5.91 Å². The Kier molecular flexibility index (Phi) is 5.80. The first-order valence-corrected chi connectivity index (χ1v) is 8.76. The minimum absolute atomic E-state index is 0.104. The molecule has 0 atom stereocenters. The Labute approximate surface area is 157 Å². The summed E-state index contributed by atoms with van der Waals surface area (Å²) in [6, 6.07) is 9.04. The number of aryl methyl sites for hydroxylation is 4. The molecule has 9 heteroatoms. The van der Waals surface area contributed by atoms with E-state index >= 15 is 0 Å². The molecule has 0 spiro atoms. The third kappa shape index (κ3) is 4.90. The zero-order valence-corrected chi connectivity index (χ0v) is 15.7. The van der Waals surface area contributed by atoms with Gasteiger partial charge in [0.2, 0.25) is 0 Å². The van der Waals surface area contributed by atoms with E-state index in [0.29, 0.717) is 23.7 Å². The van der Waals surface area contributed by atoms with Crippen molar-refractivity contribution < 1.29 is 9.53 Å². The molecule has 3 rings (SSSR count). The predicted molar refractivity (Wildman–Crippen MR) is 98.2 cm³/mol. The summed E-state index contributed by atoms with van der Waals surface area (Å²) in [5, 5.41) is 18.5. The van der Waals surface area contributed by atoms with Crippen molar-refractivity contribution in [2.75, 3.05) is 6.54 Å². The van der Waals surface area contributed by atoms with E-state index in [1.54, 1.807) is 36.0 Å². The van der Waals surface area contributed by atoms with Crippen LogP contribution < -0.4 is 10.1 Å². The Morgan fingerprint density at radius 3 is 2.63 bits per heavy atom.